The van der Waals surface area contributed by atoms with Crippen molar-refractivity contribution in [2.75, 3.05) is 33.4 Å². The van der Waals surface area contributed by atoms with E-state index in [-0.39, 0.29) is 11.8 Å². The number of carbonyl (C=O) groups excluding carboxylic acids is 2. The summed E-state index contributed by atoms with van der Waals surface area (Å²) >= 11 is 6.34. The van der Waals surface area contributed by atoms with Crippen LogP contribution in [0.4, 0.5) is 0 Å². The molecule has 1 aromatic carbocycles. The third-order valence-electron chi connectivity index (χ3n) is 4.82. The van der Waals surface area contributed by atoms with Crippen molar-refractivity contribution < 1.29 is 19.1 Å². The van der Waals surface area contributed by atoms with Crippen LogP contribution in [0.2, 0.25) is 5.02 Å². The fourth-order valence-electron chi connectivity index (χ4n) is 3.21. The van der Waals surface area contributed by atoms with E-state index in [0.717, 1.165) is 37.8 Å². The molecule has 0 radical (unpaired) electrons. The lowest BCUT2D eigenvalue weighted by Crippen LogP contribution is -2.33. The highest BCUT2D eigenvalue weighted by atomic mass is 35.5. The fourth-order valence-corrected chi connectivity index (χ4v) is 3.49. The van der Waals surface area contributed by atoms with Gasteiger partial charge >= 0.3 is 0 Å². The van der Waals surface area contributed by atoms with E-state index in [0.29, 0.717) is 48.6 Å². The molecule has 1 fully saturated rings. The standard InChI is InChI=1S/C23H33ClN2O4/c1-17(2)16-30-23-19(24)14-18(15-20(23)29-3)9-10-21(27)25-11-7-13-26-12-6-4-5-8-22(26)28/h9-10,14-15,17H,4-8,11-13,16H2,1-3H3,(H,25,27)/b10-9+. The van der Waals surface area contributed by atoms with Crippen LogP contribution in [0.5, 0.6) is 11.5 Å². The van der Waals surface area contributed by atoms with Crippen LogP contribution in [-0.4, -0.2) is 50.1 Å². The van der Waals surface area contributed by atoms with Gasteiger partial charge in [0.15, 0.2) is 11.5 Å². The first kappa shape index (κ1) is 24.1. The second kappa shape index (κ2) is 12.5. The molecule has 0 aliphatic carbocycles. The first-order valence-corrected chi connectivity index (χ1v) is 11.0. The number of nitrogens with one attached hydrogen (secondary N) is 1. The third-order valence-corrected chi connectivity index (χ3v) is 5.10. The van der Waals surface area contributed by atoms with Gasteiger partial charge in [-0.1, -0.05) is 31.9 Å². The van der Waals surface area contributed by atoms with Crippen molar-refractivity contribution in [2.45, 2.75) is 46.0 Å². The number of methoxy groups -OCH3 is 1. The zero-order valence-electron chi connectivity index (χ0n) is 18.2. The number of likely N-dealkylation sites (tertiary alicyclic amines) is 1. The van der Waals surface area contributed by atoms with Gasteiger partial charge in [-0.3, -0.25) is 9.59 Å². The van der Waals surface area contributed by atoms with Gasteiger partial charge in [0.2, 0.25) is 11.8 Å². The Labute approximate surface area is 184 Å². The molecule has 1 aliphatic rings. The minimum Gasteiger partial charge on any atom is -0.493 e. The first-order valence-electron chi connectivity index (χ1n) is 10.6. The highest BCUT2D eigenvalue weighted by Gasteiger charge is 2.16. The second-order valence-electron chi connectivity index (χ2n) is 7.91. The summed E-state index contributed by atoms with van der Waals surface area (Å²) in [5, 5.41) is 3.30. The van der Waals surface area contributed by atoms with Crippen LogP contribution in [0.3, 0.4) is 0 Å². The molecule has 0 atom stereocenters. The molecule has 0 aromatic heterocycles. The van der Waals surface area contributed by atoms with Crippen LogP contribution in [0.1, 0.15) is 51.5 Å². The second-order valence-corrected chi connectivity index (χ2v) is 8.32. The molecule has 0 unspecified atom stereocenters. The van der Waals surface area contributed by atoms with Gasteiger partial charge in [0.25, 0.3) is 0 Å². The highest BCUT2D eigenvalue weighted by Crippen LogP contribution is 2.37. The first-order chi connectivity index (χ1) is 14.4. The number of ether oxygens (including phenoxy) is 2. The summed E-state index contributed by atoms with van der Waals surface area (Å²) in [5.41, 5.74) is 0.749. The van der Waals surface area contributed by atoms with Gasteiger partial charge < -0.3 is 19.7 Å². The maximum Gasteiger partial charge on any atom is 0.244 e. The summed E-state index contributed by atoms with van der Waals surface area (Å²) in [5.74, 6) is 1.45. The lowest BCUT2D eigenvalue weighted by Gasteiger charge is -2.20. The van der Waals surface area contributed by atoms with E-state index in [4.69, 9.17) is 21.1 Å². The Bertz CT molecular complexity index is 749. The lowest BCUT2D eigenvalue weighted by atomic mass is 10.1. The van der Waals surface area contributed by atoms with Crippen molar-refractivity contribution in [1.82, 2.24) is 10.2 Å². The van der Waals surface area contributed by atoms with Crippen LogP contribution in [0, 0.1) is 5.92 Å². The van der Waals surface area contributed by atoms with Gasteiger partial charge in [-0.15, -0.1) is 0 Å². The molecule has 166 valence electrons. The predicted octanol–water partition coefficient (Wildman–Crippen LogP) is 4.31. The molecule has 6 nitrogen and oxygen atoms in total. The quantitative estimate of drug-likeness (QED) is 0.438. The number of hydrogen-bond donors (Lipinski definition) is 1. The van der Waals surface area contributed by atoms with Gasteiger partial charge in [0.05, 0.1) is 18.7 Å². The zero-order valence-corrected chi connectivity index (χ0v) is 19.0. The van der Waals surface area contributed by atoms with E-state index in [1.54, 1.807) is 25.3 Å². The largest absolute Gasteiger partial charge is 0.493 e. The predicted molar refractivity (Wildman–Crippen MR) is 120 cm³/mol. The maximum absolute atomic E-state index is 12.1. The molecule has 1 N–H and O–H groups in total. The number of halogens is 1. The molecule has 1 aliphatic heterocycles. The normalized spacial score (nSPS) is 14.8. The van der Waals surface area contributed by atoms with Gasteiger partial charge in [0, 0.05) is 32.1 Å². The Morgan fingerprint density at radius 3 is 2.83 bits per heavy atom. The zero-order chi connectivity index (χ0) is 21.9. The maximum atomic E-state index is 12.1. The highest BCUT2D eigenvalue weighted by molar-refractivity contribution is 6.32. The summed E-state index contributed by atoms with van der Waals surface area (Å²) < 4.78 is 11.1. The number of carbonyl (C=O) groups is 2. The summed E-state index contributed by atoms with van der Waals surface area (Å²) in [4.78, 5) is 26.0. The SMILES string of the molecule is COc1cc(/C=C/C(=O)NCCCN2CCCCCC2=O)cc(Cl)c1OCC(C)C. The Balaban J connectivity index is 1.83. The lowest BCUT2D eigenvalue weighted by molar-refractivity contribution is -0.130. The van der Waals surface area contributed by atoms with Crippen LogP contribution in [-0.2, 0) is 9.59 Å². The Morgan fingerprint density at radius 2 is 2.10 bits per heavy atom. The number of nitrogens with zero attached hydrogens (tertiary/aromatic N) is 1. The van der Waals surface area contributed by atoms with Crippen molar-refractivity contribution in [2.24, 2.45) is 5.92 Å². The van der Waals surface area contributed by atoms with Crippen molar-refractivity contribution in [3.8, 4) is 11.5 Å². The monoisotopic (exact) mass is 436 g/mol. The average molecular weight is 437 g/mol. The molecule has 2 rings (SSSR count). The van der Waals surface area contributed by atoms with Crippen LogP contribution in [0.25, 0.3) is 6.08 Å². The summed E-state index contributed by atoms with van der Waals surface area (Å²) in [6.45, 7) is 6.69. The number of rotatable bonds is 10. The molecule has 1 saturated heterocycles. The average Bonchev–Trinajstić information content (AvgIpc) is 2.92. The number of amides is 2. The molecule has 0 spiro atoms. The van der Waals surface area contributed by atoms with Gasteiger partial charge in [0.1, 0.15) is 0 Å². The Kier molecular flexibility index (Phi) is 10.0. The van der Waals surface area contributed by atoms with Crippen molar-refractivity contribution in [3.63, 3.8) is 0 Å². The minimum absolute atomic E-state index is 0.188. The van der Waals surface area contributed by atoms with Crippen LogP contribution < -0.4 is 14.8 Å². The number of hydrogen-bond acceptors (Lipinski definition) is 4. The molecule has 1 heterocycles. The molecular formula is C23H33ClN2O4. The van der Waals surface area contributed by atoms with E-state index in [9.17, 15) is 9.59 Å². The van der Waals surface area contributed by atoms with E-state index in [1.807, 2.05) is 4.90 Å². The fraction of sp³-hybridized carbons (Fsp3) is 0.565. The van der Waals surface area contributed by atoms with E-state index >= 15 is 0 Å². The molecule has 7 heteroatoms. The van der Waals surface area contributed by atoms with Crippen molar-refractivity contribution >= 4 is 29.5 Å². The Morgan fingerprint density at radius 1 is 1.30 bits per heavy atom. The minimum atomic E-state index is -0.188. The van der Waals surface area contributed by atoms with E-state index in [2.05, 4.69) is 19.2 Å². The molecule has 2 amide bonds. The third kappa shape index (κ3) is 7.90. The summed E-state index contributed by atoms with van der Waals surface area (Å²) in [7, 11) is 1.56. The molecule has 1 aromatic rings. The van der Waals surface area contributed by atoms with E-state index < -0.39 is 0 Å². The molecule has 0 saturated carbocycles. The van der Waals surface area contributed by atoms with Gasteiger partial charge in [-0.05, 0) is 49.0 Å². The molecule has 30 heavy (non-hydrogen) atoms. The smallest absolute Gasteiger partial charge is 0.244 e. The topological polar surface area (TPSA) is 67.9 Å². The van der Waals surface area contributed by atoms with E-state index in [1.165, 1.54) is 6.08 Å². The van der Waals surface area contributed by atoms with Crippen molar-refractivity contribution in [3.05, 3.63) is 28.8 Å². The summed E-state index contributed by atoms with van der Waals surface area (Å²) in [6.07, 6.45) is 7.70. The molecule has 0 bridgehead atoms. The van der Waals surface area contributed by atoms with Gasteiger partial charge in [-0.2, -0.15) is 0 Å². The molecular weight excluding hydrogens is 404 g/mol. The van der Waals surface area contributed by atoms with Crippen LogP contribution >= 0.6 is 11.6 Å². The van der Waals surface area contributed by atoms with Crippen molar-refractivity contribution in [1.29, 1.82) is 0 Å². The van der Waals surface area contributed by atoms with Crippen LogP contribution in [0.15, 0.2) is 18.2 Å². The Hall–Kier alpha value is -2.21. The van der Waals surface area contributed by atoms with Gasteiger partial charge in [-0.25, -0.2) is 0 Å². The number of benzene rings is 1. The summed E-state index contributed by atoms with van der Waals surface area (Å²) in [6, 6.07) is 3.53.